The summed E-state index contributed by atoms with van der Waals surface area (Å²) in [6, 6.07) is 16.2. The number of para-hydroxylation sites is 2. The second-order valence-corrected chi connectivity index (χ2v) is 5.25. The third-order valence-corrected chi connectivity index (χ3v) is 3.36. The molecule has 128 valence electrons. The summed E-state index contributed by atoms with van der Waals surface area (Å²) in [6.45, 7) is 0.583. The average molecular weight is 336 g/mol. The van der Waals surface area contributed by atoms with Crippen molar-refractivity contribution >= 4 is 17.5 Å². The Bertz CT molecular complexity index is 751. The molecule has 0 atom stereocenters. The first-order valence-corrected chi connectivity index (χ1v) is 7.99. The number of terminal acetylenes is 1. The Balaban J connectivity index is 1.82. The van der Waals surface area contributed by atoms with Crippen molar-refractivity contribution < 1.29 is 14.3 Å². The van der Waals surface area contributed by atoms with E-state index in [1.165, 1.54) is 0 Å². The third-order valence-electron chi connectivity index (χ3n) is 3.36. The summed E-state index contributed by atoms with van der Waals surface area (Å²) < 4.78 is 5.55. The van der Waals surface area contributed by atoms with E-state index in [1.807, 2.05) is 30.3 Å². The molecule has 0 radical (unpaired) electrons. The van der Waals surface area contributed by atoms with Crippen molar-refractivity contribution in [1.29, 1.82) is 0 Å². The van der Waals surface area contributed by atoms with Crippen LogP contribution in [0.1, 0.15) is 23.2 Å². The fourth-order valence-corrected chi connectivity index (χ4v) is 2.17. The molecule has 5 heteroatoms. The number of amides is 2. The molecule has 5 nitrogen and oxygen atoms in total. The summed E-state index contributed by atoms with van der Waals surface area (Å²) in [7, 11) is 0. The maximum Gasteiger partial charge on any atom is 0.254 e. The predicted molar refractivity (Wildman–Crippen MR) is 97.4 cm³/mol. The van der Waals surface area contributed by atoms with E-state index in [9.17, 15) is 9.59 Å². The van der Waals surface area contributed by atoms with Crippen LogP contribution >= 0.6 is 0 Å². The van der Waals surface area contributed by atoms with Gasteiger partial charge in [-0.25, -0.2) is 0 Å². The van der Waals surface area contributed by atoms with Crippen LogP contribution in [0.15, 0.2) is 54.6 Å². The number of carbonyl (C=O) groups is 2. The van der Waals surface area contributed by atoms with Crippen molar-refractivity contribution in [3.63, 3.8) is 0 Å². The molecule has 2 aromatic rings. The molecule has 0 saturated carbocycles. The van der Waals surface area contributed by atoms with Crippen LogP contribution in [-0.4, -0.2) is 25.0 Å². The number of hydrogen-bond acceptors (Lipinski definition) is 3. The van der Waals surface area contributed by atoms with Gasteiger partial charge in [0.1, 0.15) is 5.75 Å². The fraction of sp³-hybridized carbons (Fsp3) is 0.200. The molecule has 2 N–H and O–H groups in total. The molecule has 0 fully saturated rings. The molecule has 0 saturated heterocycles. The Morgan fingerprint density at radius 1 is 1.04 bits per heavy atom. The first kappa shape index (κ1) is 18.1. The van der Waals surface area contributed by atoms with E-state index in [2.05, 4.69) is 16.6 Å². The van der Waals surface area contributed by atoms with Gasteiger partial charge in [0, 0.05) is 6.42 Å². The Morgan fingerprint density at radius 3 is 2.52 bits per heavy atom. The lowest BCUT2D eigenvalue weighted by atomic mass is 10.1. The summed E-state index contributed by atoms with van der Waals surface area (Å²) in [5.41, 5.74) is 0.845. The number of ether oxygens (including phenoxy) is 1. The van der Waals surface area contributed by atoms with Crippen LogP contribution in [0.4, 0.5) is 5.69 Å². The molecule has 0 bridgehead atoms. The number of carbonyl (C=O) groups excluding carboxylic acids is 2. The first-order chi connectivity index (χ1) is 12.2. The van der Waals surface area contributed by atoms with Gasteiger partial charge in [-0.2, -0.15) is 0 Å². The van der Waals surface area contributed by atoms with Gasteiger partial charge in [-0.3, -0.25) is 9.59 Å². The number of nitrogens with one attached hydrogen (secondary N) is 2. The Labute approximate surface area is 147 Å². The minimum absolute atomic E-state index is 0.137. The number of benzene rings is 2. The molecule has 0 unspecified atom stereocenters. The zero-order chi connectivity index (χ0) is 17.9. The van der Waals surface area contributed by atoms with E-state index in [0.717, 1.165) is 5.75 Å². The maximum atomic E-state index is 12.1. The van der Waals surface area contributed by atoms with Crippen LogP contribution in [0.2, 0.25) is 0 Å². The highest BCUT2D eigenvalue weighted by atomic mass is 16.5. The zero-order valence-electron chi connectivity index (χ0n) is 13.8. The normalized spacial score (nSPS) is 9.72. The van der Waals surface area contributed by atoms with Gasteiger partial charge in [-0.1, -0.05) is 36.3 Å². The van der Waals surface area contributed by atoms with Crippen molar-refractivity contribution in [3.8, 4) is 18.1 Å². The Kier molecular flexibility index (Phi) is 7.08. The number of rotatable bonds is 8. The van der Waals surface area contributed by atoms with Gasteiger partial charge in [0.05, 0.1) is 24.4 Å². The van der Waals surface area contributed by atoms with Crippen molar-refractivity contribution in [2.45, 2.75) is 12.8 Å². The quantitative estimate of drug-likeness (QED) is 0.575. The van der Waals surface area contributed by atoms with E-state index in [0.29, 0.717) is 30.7 Å². The van der Waals surface area contributed by atoms with Crippen LogP contribution in [0, 0.1) is 12.3 Å². The van der Waals surface area contributed by atoms with E-state index < -0.39 is 0 Å². The number of anilines is 1. The van der Waals surface area contributed by atoms with Crippen molar-refractivity contribution in [2.24, 2.45) is 0 Å². The topological polar surface area (TPSA) is 67.4 Å². The first-order valence-electron chi connectivity index (χ1n) is 7.99. The summed E-state index contributed by atoms with van der Waals surface area (Å²) in [5.74, 6) is 2.63. The molecule has 0 heterocycles. The molecule has 2 amide bonds. The molecule has 25 heavy (non-hydrogen) atoms. The SMILES string of the molecule is C#CCNC(=O)c1ccccc1NC(=O)CCCOc1ccccc1. The van der Waals surface area contributed by atoms with Crippen LogP contribution in [-0.2, 0) is 4.79 Å². The van der Waals surface area contributed by atoms with Gasteiger partial charge in [-0.15, -0.1) is 6.42 Å². The molecule has 2 aromatic carbocycles. The molecular weight excluding hydrogens is 316 g/mol. The summed E-state index contributed by atoms with van der Waals surface area (Å²) >= 11 is 0. The smallest absolute Gasteiger partial charge is 0.254 e. The molecule has 0 aliphatic carbocycles. The second-order valence-electron chi connectivity index (χ2n) is 5.25. The standard InChI is InChI=1S/C20H20N2O3/c1-2-14-21-20(24)17-11-6-7-12-18(17)22-19(23)13-8-15-25-16-9-4-3-5-10-16/h1,3-7,9-12H,8,13-15H2,(H,21,24)(H,22,23). The van der Waals surface area contributed by atoms with Gasteiger partial charge in [-0.05, 0) is 30.7 Å². The molecular formula is C20H20N2O3. The molecule has 0 aromatic heterocycles. The van der Waals surface area contributed by atoms with Crippen LogP contribution < -0.4 is 15.4 Å². The second kappa shape index (κ2) is 9.78. The van der Waals surface area contributed by atoms with Gasteiger partial charge in [0.2, 0.25) is 5.91 Å². The Morgan fingerprint density at radius 2 is 1.76 bits per heavy atom. The Hall–Kier alpha value is -3.26. The molecule has 0 aliphatic rings. The third kappa shape index (κ3) is 6.04. The molecule has 0 spiro atoms. The van der Waals surface area contributed by atoms with Crippen LogP contribution in [0.5, 0.6) is 5.75 Å². The lowest BCUT2D eigenvalue weighted by Gasteiger charge is -2.11. The monoisotopic (exact) mass is 336 g/mol. The minimum atomic E-state index is -0.318. The van der Waals surface area contributed by atoms with E-state index >= 15 is 0 Å². The molecule has 0 aliphatic heterocycles. The molecule has 2 rings (SSSR count). The van der Waals surface area contributed by atoms with Crippen molar-refractivity contribution in [3.05, 3.63) is 60.2 Å². The summed E-state index contributed by atoms with van der Waals surface area (Å²) in [6.07, 6.45) is 6.01. The van der Waals surface area contributed by atoms with Crippen molar-refractivity contribution in [1.82, 2.24) is 5.32 Å². The van der Waals surface area contributed by atoms with Gasteiger partial charge >= 0.3 is 0 Å². The summed E-state index contributed by atoms with van der Waals surface area (Å²) in [5, 5.41) is 5.35. The van der Waals surface area contributed by atoms with E-state index in [-0.39, 0.29) is 18.4 Å². The maximum absolute atomic E-state index is 12.1. The average Bonchev–Trinajstić information content (AvgIpc) is 2.64. The van der Waals surface area contributed by atoms with Crippen LogP contribution in [0.25, 0.3) is 0 Å². The highest BCUT2D eigenvalue weighted by Gasteiger charge is 2.12. The summed E-state index contributed by atoms with van der Waals surface area (Å²) in [4.78, 5) is 24.1. The van der Waals surface area contributed by atoms with Crippen LogP contribution in [0.3, 0.4) is 0 Å². The largest absolute Gasteiger partial charge is 0.494 e. The van der Waals surface area contributed by atoms with Gasteiger partial charge in [0.25, 0.3) is 5.91 Å². The zero-order valence-corrected chi connectivity index (χ0v) is 13.8. The number of hydrogen-bond donors (Lipinski definition) is 2. The van der Waals surface area contributed by atoms with E-state index in [4.69, 9.17) is 11.2 Å². The van der Waals surface area contributed by atoms with Gasteiger partial charge < -0.3 is 15.4 Å². The fourth-order valence-electron chi connectivity index (χ4n) is 2.17. The lowest BCUT2D eigenvalue weighted by Crippen LogP contribution is -2.25. The minimum Gasteiger partial charge on any atom is -0.494 e. The lowest BCUT2D eigenvalue weighted by molar-refractivity contribution is -0.116. The highest BCUT2D eigenvalue weighted by Crippen LogP contribution is 2.15. The van der Waals surface area contributed by atoms with Crippen molar-refractivity contribution in [2.75, 3.05) is 18.5 Å². The van der Waals surface area contributed by atoms with E-state index in [1.54, 1.807) is 24.3 Å². The predicted octanol–water partition coefficient (Wildman–Crippen LogP) is 2.85. The van der Waals surface area contributed by atoms with Gasteiger partial charge in [0.15, 0.2) is 0 Å². The highest BCUT2D eigenvalue weighted by molar-refractivity contribution is 6.03.